The summed E-state index contributed by atoms with van der Waals surface area (Å²) in [6.45, 7) is 3.27. The van der Waals surface area contributed by atoms with Crippen LogP contribution >= 0.6 is 11.8 Å². The van der Waals surface area contributed by atoms with Crippen molar-refractivity contribution in [2.45, 2.75) is 24.3 Å². The first-order valence-electron chi connectivity index (χ1n) is 3.65. The minimum absolute atomic E-state index is 0.416. The molecule has 1 rings (SSSR count). The second-order valence-electron chi connectivity index (χ2n) is 2.94. The molecule has 0 unspecified atom stereocenters. The Hall–Kier alpha value is -1.04. The summed E-state index contributed by atoms with van der Waals surface area (Å²) < 4.78 is 3.91. The van der Waals surface area contributed by atoms with Gasteiger partial charge >= 0.3 is 5.97 Å². The predicted octanol–water partition coefficient (Wildman–Crippen LogP) is 1.17. The lowest BCUT2D eigenvalue weighted by Crippen LogP contribution is -2.27. The number of rotatable bonds is 4. The van der Waals surface area contributed by atoms with E-state index in [2.05, 4.69) is 10.1 Å². The molecule has 6 heteroatoms. The summed E-state index contributed by atoms with van der Waals surface area (Å²) in [7, 11) is 0. The number of carboxylic acid groups (broad SMARTS) is 1. The number of aromatic nitrogens is 2. The SMILES string of the molecule is CC(C)(SCc1ncno1)C(=O)O. The molecule has 1 aromatic rings. The van der Waals surface area contributed by atoms with Gasteiger partial charge in [-0.1, -0.05) is 5.16 Å². The van der Waals surface area contributed by atoms with Gasteiger partial charge in [0.15, 0.2) is 6.33 Å². The summed E-state index contributed by atoms with van der Waals surface area (Å²) in [5, 5.41) is 12.2. The average Bonchev–Trinajstić information content (AvgIpc) is 2.52. The van der Waals surface area contributed by atoms with Gasteiger partial charge in [0.25, 0.3) is 0 Å². The summed E-state index contributed by atoms with van der Waals surface area (Å²) in [5.74, 6) is 0.00981. The van der Waals surface area contributed by atoms with Gasteiger partial charge in [0.2, 0.25) is 5.89 Å². The molecule has 0 aliphatic carbocycles. The number of thioether (sulfide) groups is 1. The first-order chi connectivity index (χ1) is 6.02. The Bertz CT molecular complexity index is 284. The highest BCUT2D eigenvalue weighted by molar-refractivity contribution is 8.00. The van der Waals surface area contributed by atoms with Crippen molar-refractivity contribution in [1.29, 1.82) is 0 Å². The predicted molar refractivity (Wildman–Crippen MR) is 47.3 cm³/mol. The fraction of sp³-hybridized carbons (Fsp3) is 0.571. The molecule has 0 spiro atoms. The van der Waals surface area contributed by atoms with Crippen LogP contribution in [-0.2, 0) is 10.5 Å². The van der Waals surface area contributed by atoms with Crippen LogP contribution in [0.4, 0.5) is 0 Å². The second-order valence-corrected chi connectivity index (χ2v) is 4.54. The van der Waals surface area contributed by atoms with Crippen molar-refractivity contribution in [3.05, 3.63) is 12.2 Å². The van der Waals surface area contributed by atoms with E-state index in [1.54, 1.807) is 13.8 Å². The summed E-state index contributed by atoms with van der Waals surface area (Å²) in [6, 6.07) is 0. The molecule has 0 saturated heterocycles. The second kappa shape index (κ2) is 3.78. The highest BCUT2D eigenvalue weighted by Crippen LogP contribution is 2.27. The Kier molecular flexibility index (Phi) is 2.92. The molecule has 5 nitrogen and oxygen atoms in total. The van der Waals surface area contributed by atoms with Gasteiger partial charge in [0.1, 0.15) is 4.75 Å². The van der Waals surface area contributed by atoms with E-state index in [0.717, 1.165) is 0 Å². The first-order valence-corrected chi connectivity index (χ1v) is 4.64. The van der Waals surface area contributed by atoms with Crippen LogP contribution in [-0.4, -0.2) is 26.0 Å². The molecule has 1 aromatic heterocycles. The zero-order valence-electron chi connectivity index (χ0n) is 7.35. The van der Waals surface area contributed by atoms with Crippen molar-refractivity contribution in [3.63, 3.8) is 0 Å². The van der Waals surface area contributed by atoms with Crippen LogP contribution in [0.25, 0.3) is 0 Å². The zero-order chi connectivity index (χ0) is 9.90. The van der Waals surface area contributed by atoms with Crippen molar-refractivity contribution < 1.29 is 14.4 Å². The highest BCUT2D eigenvalue weighted by atomic mass is 32.2. The van der Waals surface area contributed by atoms with Crippen LogP contribution in [0.3, 0.4) is 0 Å². The van der Waals surface area contributed by atoms with Crippen LogP contribution < -0.4 is 0 Å². The third-order valence-electron chi connectivity index (χ3n) is 1.48. The number of hydrogen-bond acceptors (Lipinski definition) is 5. The molecular formula is C7H10N2O3S. The molecule has 0 radical (unpaired) electrons. The van der Waals surface area contributed by atoms with Crippen LogP contribution in [0, 0.1) is 0 Å². The lowest BCUT2D eigenvalue weighted by molar-refractivity contribution is -0.138. The van der Waals surface area contributed by atoms with Gasteiger partial charge < -0.3 is 9.63 Å². The summed E-state index contributed by atoms with van der Waals surface area (Å²) in [4.78, 5) is 14.5. The van der Waals surface area contributed by atoms with Gasteiger partial charge in [-0.3, -0.25) is 4.79 Å². The molecule has 1 heterocycles. The molecule has 0 amide bonds. The fourth-order valence-corrected chi connectivity index (χ4v) is 1.30. The average molecular weight is 202 g/mol. The highest BCUT2D eigenvalue weighted by Gasteiger charge is 2.28. The summed E-state index contributed by atoms with van der Waals surface area (Å²) in [6.07, 6.45) is 1.30. The van der Waals surface area contributed by atoms with Crippen molar-refractivity contribution >= 4 is 17.7 Å². The molecular weight excluding hydrogens is 192 g/mol. The van der Waals surface area contributed by atoms with Crippen LogP contribution in [0.5, 0.6) is 0 Å². The Morgan fingerprint density at radius 3 is 2.92 bits per heavy atom. The first kappa shape index (κ1) is 10.0. The van der Waals surface area contributed by atoms with Crippen molar-refractivity contribution in [3.8, 4) is 0 Å². The third-order valence-corrected chi connectivity index (χ3v) is 2.77. The minimum Gasteiger partial charge on any atom is -0.480 e. The largest absolute Gasteiger partial charge is 0.480 e. The third kappa shape index (κ3) is 2.73. The monoisotopic (exact) mass is 202 g/mol. The van der Waals surface area contributed by atoms with Crippen LogP contribution in [0.1, 0.15) is 19.7 Å². The van der Waals surface area contributed by atoms with Crippen molar-refractivity contribution in [1.82, 2.24) is 10.1 Å². The normalized spacial score (nSPS) is 11.5. The van der Waals surface area contributed by atoms with Gasteiger partial charge in [0, 0.05) is 0 Å². The number of aliphatic carboxylic acids is 1. The molecule has 0 fully saturated rings. The quantitative estimate of drug-likeness (QED) is 0.789. The van der Waals surface area contributed by atoms with E-state index in [4.69, 9.17) is 9.63 Å². The molecule has 0 atom stereocenters. The lowest BCUT2D eigenvalue weighted by Gasteiger charge is -2.16. The van der Waals surface area contributed by atoms with Crippen LogP contribution in [0.2, 0.25) is 0 Å². The molecule has 72 valence electrons. The Morgan fingerprint density at radius 2 is 2.46 bits per heavy atom. The van der Waals surface area contributed by atoms with Crippen molar-refractivity contribution in [2.75, 3.05) is 0 Å². The Balaban J connectivity index is 2.47. The summed E-state index contributed by atoms with van der Waals surface area (Å²) >= 11 is 1.25. The maximum atomic E-state index is 10.7. The molecule has 1 N–H and O–H groups in total. The number of nitrogens with zero attached hydrogens (tertiary/aromatic N) is 2. The standard InChI is InChI=1S/C7H10N2O3S/c1-7(2,6(10)11)13-3-5-8-4-9-12-5/h4H,3H2,1-2H3,(H,10,11). The van der Waals surface area contributed by atoms with E-state index in [9.17, 15) is 4.79 Å². The van der Waals surface area contributed by atoms with Gasteiger partial charge in [-0.15, -0.1) is 11.8 Å². The Morgan fingerprint density at radius 1 is 1.77 bits per heavy atom. The molecule has 0 saturated carbocycles. The van der Waals surface area contributed by atoms with Gasteiger partial charge in [0.05, 0.1) is 5.75 Å². The van der Waals surface area contributed by atoms with Gasteiger partial charge in [-0.2, -0.15) is 4.98 Å². The van der Waals surface area contributed by atoms with Crippen molar-refractivity contribution in [2.24, 2.45) is 0 Å². The molecule has 0 aliphatic rings. The van der Waals surface area contributed by atoms with E-state index in [1.165, 1.54) is 18.1 Å². The molecule has 0 aromatic carbocycles. The number of carboxylic acids is 1. The number of carbonyl (C=O) groups is 1. The van der Waals surface area contributed by atoms with E-state index in [1.807, 2.05) is 0 Å². The molecule has 0 bridgehead atoms. The van der Waals surface area contributed by atoms with E-state index in [0.29, 0.717) is 11.6 Å². The van der Waals surface area contributed by atoms with E-state index >= 15 is 0 Å². The lowest BCUT2D eigenvalue weighted by atomic mass is 10.2. The summed E-state index contributed by atoms with van der Waals surface area (Å²) in [5.41, 5.74) is 0. The topological polar surface area (TPSA) is 76.2 Å². The zero-order valence-corrected chi connectivity index (χ0v) is 8.17. The molecule has 13 heavy (non-hydrogen) atoms. The van der Waals surface area contributed by atoms with E-state index < -0.39 is 10.7 Å². The molecule has 0 aliphatic heterocycles. The van der Waals surface area contributed by atoms with Gasteiger partial charge in [-0.05, 0) is 13.8 Å². The Labute approximate surface area is 79.5 Å². The fourth-order valence-electron chi connectivity index (χ4n) is 0.563. The maximum Gasteiger partial charge on any atom is 0.319 e. The van der Waals surface area contributed by atoms with E-state index in [-0.39, 0.29) is 0 Å². The smallest absolute Gasteiger partial charge is 0.319 e. The van der Waals surface area contributed by atoms with Crippen LogP contribution in [0.15, 0.2) is 10.9 Å². The van der Waals surface area contributed by atoms with Gasteiger partial charge in [-0.25, -0.2) is 0 Å². The minimum atomic E-state index is -0.850. The number of hydrogen-bond donors (Lipinski definition) is 1. The maximum absolute atomic E-state index is 10.7.